The number of aromatic amines is 1. The molecule has 36 heavy (non-hydrogen) atoms. The first-order valence-corrected chi connectivity index (χ1v) is 11.7. The van der Waals surface area contributed by atoms with E-state index < -0.39 is 11.9 Å². The van der Waals surface area contributed by atoms with Crippen LogP contribution in [0.4, 0.5) is 0 Å². The summed E-state index contributed by atoms with van der Waals surface area (Å²) >= 11 is 0. The zero-order chi connectivity index (χ0) is 25.8. The summed E-state index contributed by atoms with van der Waals surface area (Å²) < 4.78 is 6.92. The highest BCUT2D eigenvalue weighted by Gasteiger charge is 2.18. The monoisotopic (exact) mass is 480 g/mol. The molecule has 0 radical (unpaired) electrons. The Morgan fingerprint density at radius 3 is 2.67 bits per heavy atom. The Kier molecular flexibility index (Phi) is 7.07. The first-order valence-electron chi connectivity index (χ1n) is 11.7. The Balaban J connectivity index is 1.54. The predicted octanol–water partition coefficient (Wildman–Crippen LogP) is 4.94. The number of carbonyl (C=O) groups excluding carboxylic acids is 2. The molecule has 2 N–H and O–H groups in total. The summed E-state index contributed by atoms with van der Waals surface area (Å²) in [6.45, 7) is 6.16. The zero-order valence-corrected chi connectivity index (χ0v) is 20.8. The number of hydrogen-bond acceptors (Lipinski definition) is 4. The van der Waals surface area contributed by atoms with Gasteiger partial charge in [-0.2, -0.15) is 5.26 Å². The largest absolute Gasteiger partial charge is 0.465 e. The Morgan fingerprint density at radius 2 is 1.92 bits per heavy atom. The lowest BCUT2D eigenvalue weighted by atomic mass is 10.1. The molecule has 2 aromatic carbocycles. The first kappa shape index (κ1) is 24.6. The van der Waals surface area contributed by atoms with Crippen molar-refractivity contribution in [2.75, 3.05) is 13.7 Å². The second-order valence-electron chi connectivity index (χ2n) is 8.64. The fourth-order valence-corrected chi connectivity index (χ4v) is 4.55. The molecule has 1 amide bonds. The van der Waals surface area contributed by atoms with E-state index in [1.165, 1.54) is 7.11 Å². The van der Waals surface area contributed by atoms with Gasteiger partial charge in [-0.1, -0.05) is 24.3 Å². The maximum absolute atomic E-state index is 12.8. The van der Waals surface area contributed by atoms with E-state index in [4.69, 9.17) is 4.74 Å². The summed E-state index contributed by atoms with van der Waals surface area (Å²) in [6.07, 6.45) is 4.21. The molecule has 2 aromatic heterocycles. The van der Waals surface area contributed by atoms with Crippen molar-refractivity contribution in [1.82, 2.24) is 14.9 Å². The third-order valence-corrected chi connectivity index (χ3v) is 6.44. The average Bonchev–Trinajstić information content (AvgIpc) is 3.42. The maximum atomic E-state index is 12.8. The molecule has 0 unspecified atom stereocenters. The van der Waals surface area contributed by atoms with Crippen molar-refractivity contribution in [3.8, 4) is 11.8 Å². The van der Waals surface area contributed by atoms with E-state index in [9.17, 15) is 14.9 Å². The smallest absolute Gasteiger partial charge is 0.338 e. The van der Waals surface area contributed by atoms with Crippen molar-refractivity contribution in [1.29, 1.82) is 5.26 Å². The normalized spacial score (nSPS) is 11.4. The molecule has 0 spiro atoms. The molecular weight excluding hydrogens is 452 g/mol. The molecular formula is C29H28N4O3. The van der Waals surface area contributed by atoms with Crippen LogP contribution in [-0.4, -0.2) is 35.1 Å². The number of nitrogens with zero attached hydrogens (tertiary/aromatic N) is 2. The molecule has 0 atom stereocenters. The van der Waals surface area contributed by atoms with Crippen LogP contribution in [0.5, 0.6) is 0 Å². The van der Waals surface area contributed by atoms with Crippen molar-refractivity contribution in [2.24, 2.45) is 0 Å². The third kappa shape index (κ3) is 4.66. The number of aryl methyl sites for hydroxylation is 1. The van der Waals surface area contributed by atoms with Crippen molar-refractivity contribution in [3.63, 3.8) is 0 Å². The maximum Gasteiger partial charge on any atom is 0.338 e. The molecule has 182 valence electrons. The fraction of sp³-hybridized carbons (Fsp3) is 0.207. The predicted molar refractivity (Wildman–Crippen MR) is 140 cm³/mol. The van der Waals surface area contributed by atoms with Crippen LogP contribution in [0.3, 0.4) is 0 Å². The molecule has 0 aliphatic rings. The number of esters is 1. The van der Waals surface area contributed by atoms with Crippen LogP contribution >= 0.6 is 0 Å². The van der Waals surface area contributed by atoms with Gasteiger partial charge >= 0.3 is 5.97 Å². The summed E-state index contributed by atoms with van der Waals surface area (Å²) in [5.41, 5.74) is 6.87. The highest BCUT2D eigenvalue weighted by Crippen LogP contribution is 2.27. The SMILES string of the molecule is COC(=O)c1cccc(-n2c(C)cc(C=C(C#N)C(=O)NCCc3c[nH]c4ccccc34)c2C)c1C. The number of nitriles is 1. The van der Waals surface area contributed by atoms with Crippen LogP contribution in [0, 0.1) is 32.1 Å². The van der Waals surface area contributed by atoms with Gasteiger partial charge in [0.15, 0.2) is 0 Å². The van der Waals surface area contributed by atoms with E-state index in [0.29, 0.717) is 18.5 Å². The van der Waals surface area contributed by atoms with Crippen LogP contribution in [0.15, 0.2) is 60.3 Å². The lowest BCUT2D eigenvalue weighted by Gasteiger charge is -2.15. The Labute approximate surface area is 210 Å². The second kappa shape index (κ2) is 10.4. The van der Waals surface area contributed by atoms with Gasteiger partial charge in [-0.05, 0) is 74.2 Å². The van der Waals surface area contributed by atoms with Gasteiger partial charge in [0.1, 0.15) is 11.6 Å². The lowest BCUT2D eigenvalue weighted by molar-refractivity contribution is -0.117. The number of amides is 1. The topological polar surface area (TPSA) is 99.9 Å². The molecule has 4 aromatic rings. The van der Waals surface area contributed by atoms with E-state index in [0.717, 1.165) is 44.7 Å². The highest BCUT2D eigenvalue weighted by atomic mass is 16.5. The standard InChI is InChI=1S/C29H28N4O3/c1-18-14-22(20(3)33(18)27-11-7-9-24(19(27)2)29(35)36-4)15-23(16-30)28(34)31-13-12-21-17-32-26-10-6-5-8-25(21)26/h5-11,14-15,17,32H,12-13H2,1-4H3,(H,31,34). The molecule has 4 rings (SSSR count). The van der Waals surface area contributed by atoms with Gasteiger partial charge in [-0.15, -0.1) is 0 Å². The molecule has 0 bridgehead atoms. The van der Waals surface area contributed by atoms with Crippen molar-refractivity contribution >= 4 is 28.9 Å². The number of fused-ring (bicyclic) bond motifs is 1. The number of carbonyl (C=O) groups is 2. The van der Waals surface area contributed by atoms with E-state index in [1.54, 1.807) is 12.1 Å². The molecule has 0 saturated carbocycles. The third-order valence-electron chi connectivity index (χ3n) is 6.44. The fourth-order valence-electron chi connectivity index (χ4n) is 4.55. The number of methoxy groups -OCH3 is 1. The number of ether oxygens (including phenoxy) is 1. The van der Waals surface area contributed by atoms with Gasteiger partial charge in [0, 0.05) is 40.7 Å². The summed E-state index contributed by atoms with van der Waals surface area (Å²) in [5.74, 6) is -0.806. The van der Waals surface area contributed by atoms with Gasteiger partial charge in [-0.3, -0.25) is 4.79 Å². The second-order valence-corrected chi connectivity index (χ2v) is 8.64. The van der Waals surface area contributed by atoms with Crippen molar-refractivity contribution in [3.05, 3.63) is 93.9 Å². The quantitative estimate of drug-likeness (QED) is 0.222. The average molecular weight is 481 g/mol. The summed E-state index contributed by atoms with van der Waals surface area (Å²) in [5, 5.41) is 13.7. The number of aromatic nitrogens is 2. The molecule has 0 aliphatic carbocycles. The minimum Gasteiger partial charge on any atom is -0.465 e. The van der Waals surface area contributed by atoms with E-state index in [1.807, 2.05) is 80.1 Å². The van der Waals surface area contributed by atoms with Crippen LogP contribution in [0.1, 0.15) is 38.4 Å². The highest BCUT2D eigenvalue weighted by molar-refractivity contribution is 6.02. The lowest BCUT2D eigenvalue weighted by Crippen LogP contribution is -2.26. The number of hydrogen-bond donors (Lipinski definition) is 2. The minimum atomic E-state index is -0.411. The number of benzene rings is 2. The van der Waals surface area contributed by atoms with Gasteiger partial charge in [0.05, 0.1) is 12.7 Å². The number of para-hydroxylation sites is 1. The number of nitrogens with one attached hydrogen (secondary N) is 2. The van der Waals surface area contributed by atoms with Crippen LogP contribution in [0.2, 0.25) is 0 Å². The zero-order valence-electron chi connectivity index (χ0n) is 20.8. The number of H-pyrrole nitrogens is 1. The first-order chi connectivity index (χ1) is 17.3. The van der Waals surface area contributed by atoms with E-state index in [2.05, 4.69) is 10.3 Å². The molecule has 7 nitrogen and oxygen atoms in total. The van der Waals surface area contributed by atoms with Gasteiger partial charge in [0.2, 0.25) is 0 Å². The van der Waals surface area contributed by atoms with Crippen LogP contribution in [0.25, 0.3) is 22.7 Å². The molecule has 2 heterocycles. The van der Waals surface area contributed by atoms with E-state index in [-0.39, 0.29) is 5.57 Å². The Bertz CT molecular complexity index is 1530. The minimum absolute atomic E-state index is 0.0363. The molecule has 7 heteroatoms. The van der Waals surface area contributed by atoms with Gasteiger partial charge in [-0.25, -0.2) is 4.79 Å². The van der Waals surface area contributed by atoms with Crippen molar-refractivity contribution in [2.45, 2.75) is 27.2 Å². The van der Waals surface area contributed by atoms with Crippen LogP contribution in [-0.2, 0) is 16.0 Å². The van der Waals surface area contributed by atoms with Crippen LogP contribution < -0.4 is 5.32 Å². The Hall–Kier alpha value is -4.57. The van der Waals surface area contributed by atoms with Gasteiger partial charge < -0.3 is 19.6 Å². The molecule has 0 aliphatic heterocycles. The van der Waals surface area contributed by atoms with E-state index >= 15 is 0 Å². The Morgan fingerprint density at radius 1 is 1.14 bits per heavy atom. The molecule has 0 fully saturated rings. The van der Waals surface area contributed by atoms with Crippen molar-refractivity contribution < 1.29 is 14.3 Å². The summed E-state index contributed by atoms with van der Waals surface area (Å²) in [4.78, 5) is 28.2. The molecule has 0 saturated heterocycles. The summed E-state index contributed by atoms with van der Waals surface area (Å²) in [7, 11) is 1.36. The summed E-state index contributed by atoms with van der Waals surface area (Å²) in [6, 6.07) is 17.4. The number of rotatable bonds is 7. The van der Waals surface area contributed by atoms with Gasteiger partial charge in [0.25, 0.3) is 5.91 Å².